The smallest absolute Gasteiger partial charge is 0.305 e. The molecule has 0 aromatic heterocycles. The van der Waals surface area contributed by atoms with Gasteiger partial charge in [-0.3, -0.25) is 28.9 Å². The number of nitrogens with zero attached hydrogens (tertiary/aromatic N) is 1. The molecule has 1 saturated heterocycles. The van der Waals surface area contributed by atoms with Crippen molar-refractivity contribution in [1.29, 1.82) is 0 Å². The van der Waals surface area contributed by atoms with Crippen molar-refractivity contribution < 1.29 is 34.2 Å². The minimum atomic E-state index is -1.34. The van der Waals surface area contributed by atoms with Crippen LogP contribution in [0.3, 0.4) is 0 Å². The number of allylic oxidation sites excluding steroid dienone is 4. The third kappa shape index (κ3) is 4.30. The number of amides is 2. The van der Waals surface area contributed by atoms with Crippen molar-refractivity contribution >= 4 is 34.9 Å². The average molecular weight is 616 g/mol. The summed E-state index contributed by atoms with van der Waals surface area (Å²) in [5, 5.41) is 19.8. The number of hydrogen-bond donors (Lipinski definition) is 2. The van der Waals surface area contributed by atoms with E-state index in [1.54, 1.807) is 31.2 Å². The van der Waals surface area contributed by atoms with Gasteiger partial charge in [-0.1, -0.05) is 84.4 Å². The van der Waals surface area contributed by atoms with Gasteiger partial charge in [-0.2, -0.15) is 0 Å². The Bertz CT molecular complexity index is 1860. The molecule has 6 atom stereocenters. The molecule has 6 unspecified atom stereocenters. The van der Waals surface area contributed by atoms with Crippen molar-refractivity contribution in [2.45, 2.75) is 37.5 Å². The molecule has 2 N–H and O–H groups in total. The number of aromatic hydroxyl groups is 1. The average Bonchev–Trinajstić information content (AvgIpc) is 3.31. The van der Waals surface area contributed by atoms with Crippen LogP contribution in [0.4, 0.5) is 0 Å². The van der Waals surface area contributed by atoms with E-state index in [1.807, 2.05) is 60.7 Å². The van der Waals surface area contributed by atoms with Crippen LogP contribution in [-0.4, -0.2) is 51.0 Å². The highest BCUT2D eigenvalue weighted by Crippen LogP contribution is 2.63. The summed E-state index contributed by atoms with van der Waals surface area (Å²) in [5.74, 6) is -5.73. The van der Waals surface area contributed by atoms with E-state index in [-0.39, 0.29) is 49.0 Å². The first-order valence-corrected chi connectivity index (χ1v) is 15.6. The van der Waals surface area contributed by atoms with Gasteiger partial charge in [-0.15, -0.1) is 0 Å². The van der Waals surface area contributed by atoms with Crippen molar-refractivity contribution in [3.63, 3.8) is 0 Å². The molecule has 2 amide bonds. The Morgan fingerprint density at radius 3 is 2.28 bits per heavy atom. The molecule has 4 aliphatic rings. The summed E-state index contributed by atoms with van der Waals surface area (Å²) in [6.07, 6.45) is 3.54. The Kier molecular flexibility index (Phi) is 7.11. The molecule has 3 aromatic rings. The van der Waals surface area contributed by atoms with Crippen LogP contribution in [-0.2, 0) is 29.4 Å². The molecule has 3 aliphatic carbocycles. The predicted molar refractivity (Wildman–Crippen MR) is 168 cm³/mol. The second-order valence-corrected chi connectivity index (χ2v) is 12.8. The van der Waals surface area contributed by atoms with Gasteiger partial charge in [0.25, 0.3) is 0 Å². The molecule has 0 bridgehead atoms. The maximum absolute atomic E-state index is 14.9. The maximum atomic E-state index is 14.9. The molecule has 1 aliphatic heterocycles. The van der Waals surface area contributed by atoms with Crippen LogP contribution in [0, 0.1) is 30.6 Å². The van der Waals surface area contributed by atoms with Crippen LogP contribution in [0.25, 0.3) is 5.57 Å². The molecule has 2 fully saturated rings. The highest BCUT2D eigenvalue weighted by molar-refractivity contribution is 6.31. The van der Waals surface area contributed by atoms with Crippen LogP contribution in [0.15, 0.2) is 96.6 Å². The number of carbonyl (C=O) groups excluding carboxylic acids is 4. The van der Waals surface area contributed by atoms with E-state index in [0.29, 0.717) is 22.3 Å². The van der Waals surface area contributed by atoms with Gasteiger partial charge in [0.1, 0.15) is 5.75 Å². The number of phenols is 1. The largest absolute Gasteiger partial charge is 0.508 e. The summed E-state index contributed by atoms with van der Waals surface area (Å²) in [4.78, 5) is 69.7. The molecule has 8 heteroatoms. The van der Waals surface area contributed by atoms with Crippen LogP contribution >= 0.6 is 0 Å². The molecule has 46 heavy (non-hydrogen) atoms. The number of aryl methyl sites for hydroxylation is 1. The van der Waals surface area contributed by atoms with E-state index in [1.165, 1.54) is 6.08 Å². The van der Waals surface area contributed by atoms with Crippen LogP contribution < -0.4 is 0 Å². The van der Waals surface area contributed by atoms with E-state index in [2.05, 4.69) is 0 Å². The summed E-state index contributed by atoms with van der Waals surface area (Å²) in [6, 6.07) is 23.6. The van der Waals surface area contributed by atoms with Gasteiger partial charge >= 0.3 is 5.97 Å². The first-order chi connectivity index (χ1) is 22.1. The van der Waals surface area contributed by atoms with Crippen molar-refractivity contribution in [2.75, 3.05) is 6.54 Å². The van der Waals surface area contributed by atoms with Gasteiger partial charge in [-0.25, -0.2) is 0 Å². The molecular formula is C38H33NO7. The fourth-order valence-electron chi connectivity index (χ4n) is 8.60. The van der Waals surface area contributed by atoms with Gasteiger partial charge in [0.05, 0.1) is 23.7 Å². The first kappa shape index (κ1) is 29.6. The van der Waals surface area contributed by atoms with E-state index in [0.717, 1.165) is 16.0 Å². The first-order valence-electron chi connectivity index (χ1n) is 15.6. The molecule has 0 radical (unpaired) electrons. The number of fused-ring (bicyclic) bond motifs is 4. The summed E-state index contributed by atoms with van der Waals surface area (Å²) >= 11 is 0. The molecule has 3 aromatic carbocycles. The predicted octanol–water partition coefficient (Wildman–Crippen LogP) is 5.00. The Morgan fingerprint density at radius 2 is 1.61 bits per heavy atom. The standard InChI is InChI=1S/C38H33NO7/c1-21-18-23(12-15-30(21)40)34-25-13-14-26-33(37(46)39(36(26)45)17-16-32(42)43)28(25)19-29-35(44)27(22-8-4-2-5-9-22)20-31(41)38(29,34)24-10-6-3-7-11-24/h2-13,15,18,20,26,28-29,33-34,40H,14,16-17,19H2,1H3,(H,42,43). The molecule has 0 spiro atoms. The van der Waals surface area contributed by atoms with E-state index in [9.17, 15) is 34.2 Å². The van der Waals surface area contributed by atoms with Gasteiger partial charge in [-0.05, 0) is 60.1 Å². The molecule has 1 saturated carbocycles. The number of carbonyl (C=O) groups is 5. The van der Waals surface area contributed by atoms with Gasteiger partial charge < -0.3 is 10.2 Å². The lowest BCUT2D eigenvalue weighted by molar-refractivity contribution is -0.142. The van der Waals surface area contributed by atoms with Crippen molar-refractivity contribution in [3.05, 3.63) is 119 Å². The topological polar surface area (TPSA) is 129 Å². The van der Waals surface area contributed by atoms with Crippen LogP contribution in [0.2, 0.25) is 0 Å². The fourth-order valence-corrected chi connectivity index (χ4v) is 8.60. The van der Waals surface area contributed by atoms with Crippen LogP contribution in [0.1, 0.15) is 47.4 Å². The van der Waals surface area contributed by atoms with Crippen molar-refractivity contribution in [2.24, 2.45) is 23.7 Å². The van der Waals surface area contributed by atoms with E-state index < -0.39 is 46.9 Å². The summed E-state index contributed by atoms with van der Waals surface area (Å²) < 4.78 is 0. The zero-order valence-electron chi connectivity index (χ0n) is 25.3. The normalized spacial score (nSPS) is 28.6. The molecular weight excluding hydrogens is 582 g/mol. The third-order valence-electron chi connectivity index (χ3n) is 10.6. The van der Waals surface area contributed by atoms with E-state index >= 15 is 0 Å². The van der Waals surface area contributed by atoms with Gasteiger partial charge in [0.2, 0.25) is 11.8 Å². The third-order valence-corrected chi connectivity index (χ3v) is 10.6. The number of Topliss-reactive ketones (excluding diaryl/α,β-unsaturated/α-hetero) is 1. The Morgan fingerprint density at radius 1 is 0.913 bits per heavy atom. The van der Waals surface area contributed by atoms with Crippen LogP contribution in [0.5, 0.6) is 5.75 Å². The Balaban J connectivity index is 1.47. The lowest BCUT2D eigenvalue weighted by atomic mass is 9.44. The molecule has 8 nitrogen and oxygen atoms in total. The number of phenolic OH excluding ortho intramolecular Hbond substituents is 1. The Hall–Kier alpha value is -5.11. The zero-order chi connectivity index (χ0) is 32.3. The summed E-state index contributed by atoms with van der Waals surface area (Å²) in [7, 11) is 0. The number of aliphatic carboxylic acids is 1. The number of carboxylic acid groups (broad SMARTS) is 1. The molecule has 7 rings (SSSR count). The summed E-state index contributed by atoms with van der Waals surface area (Å²) in [6.45, 7) is 1.57. The minimum absolute atomic E-state index is 0.0991. The second-order valence-electron chi connectivity index (χ2n) is 12.8. The second kappa shape index (κ2) is 11.1. The maximum Gasteiger partial charge on any atom is 0.305 e. The minimum Gasteiger partial charge on any atom is -0.508 e. The summed E-state index contributed by atoms with van der Waals surface area (Å²) in [5.41, 5.74) is 2.46. The number of hydrogen-bond acceptors (Lipinski definition) is 6. The highest BCUT2D eigenvalue weighted by Gasteiger charge is 2.65. The molecule has 1 heterocycles. The lowest BCUT2D eigenvalue weighted by Crippen LogP contribution is -2.58. The van der Waals surface area contributed by atoms with Crippen molar-refractivity contribution in [3.8, 4) is 5.75 Å². The number of rotatable bonds is 6. The molecule has 232 valence electrons. The number of imide groups is 1. The number of benzene rings is 3. The van der Waals surface area contributed by atoms with Crippen molar-refractivity contribution in [1.82, 2.24) is 4.90 Å². The van der Waals surface area contributed by atoms with Gasteiger partial charge in [0.15, 0.2) is 11.6 Å². The fraction of sp³-hybridized carbons (Fsp3) is 0.289. The van der Waals surface area contributed by atoms with E-state index in [4.69, 9.17) is 0 Å². The zero-order valence-corrected chi connectivity index (χ0v) is 25.3. The Labute approximate surface area is 266 Å². The number of ketones is 2. The monoisotopic (exact) mass is 615 g/mol. The van der Waals surface area contributed by atoms with Gasteiger partial charge in [0, 0.05) is 24.0 Å². The lowest BCUT2D eigenvalue weighted by Gasteiger charge is -2.55. The number of likely N-dealkylation sites (tertiary alicyclic amines) is 1. The SMILES string of the molecule is Cc1cc(C2C3=CCC4C(=O)N(CCC(=O)O)C(=O)C4C3CC3C(=O)C(c4ccccc4)=CC(=O)C32c2ccccc2)ccc1O. The number of carboxylic acids is 1. The quantitative estimate of drug-likeness (QED) is 0.295. The highest BCUT2D eigenvalue weighted by atomic mass is 16.4.